The largest absolute Gasteiger partial charge is 0.370 e. The second kappa shape index (κ2) is 3.32. The molecule has 1 rings (SSSR count). The number of hydrogen-bond donors (Lipinski definition) is 2. The van der Waals surface area contributed by atoms with Gasteiger partial charge in [0.2, 0.25) is 0 Å². The number of ether oxygens (including phenoxy) is 1. The van der Waals surface area contributed by atoms with Crippen molar-refractivity contribution in [3.05, 3.63) is 0 Å². The Morgan fingerprint density at radius 1 is 1.50 bits per heavy atom. The first-order valence-electron chi connectivity index (χ1n) is 4.57. The Hall–Kier alpha value is -0.120. The van der Waals surface area contributed by atoms with Gasteiger partial charge in [-0.3, -0.25) is 0 Å². The Morgan fingerprint density at radius 3 is 2.42 bits per heavy atom. The highest BCUT2D eigenvalue weighted by atomic mass is 16.5. The third kappa shape index (κ3) is 1.63. The molecule has 3 heteroatoms. The second-order valence-electron chi connectivity index (χ2n) is 4.47. The first kappa shape index (κ1) is 9.96. The zero-order valence-corrected chi connectivity index (χ0v) is 8.31. The highest BCUT2D eigenvalue weighted by molar-refractivity contribution is 4.97. The Labute approximate surface area is 74.7 Å². The van der Waals surface area contributed by atoms with Gasteiger partial charge in [0, 0.05) is 19.6 Å². The van der Waals surface area contributed by atoms with Gasteiger partial charge in [0.25, 0.3) is 0 Å². The van der Waals surface area contributed by atoms with Gasteiger partial charge >= 0.3 is 0 Å². The van der Waals surface area contributed by atoms with Crippen LogP contribution in [0.25, 0.3) is 0 Å². The zero-order valence-electron chi connectivity index (χ0n) is 8.31. The smallest absolute Gasteiger partial charge is 0.0976 e. The maximum Gasteiger partial charge on any atom is 0.0976 e. The molecular formula is C9H20N2O. The molecule has 72 valence electrons. The number of hydrogen-bond acceptors (Lipinski definition) is 3. The van der Waals surface area contributed by atoms with Crippen LogP contribution in [0.5, 0.6) is 0 Å². The van der Waals surface area contributed by atoms with Crippen LogP contribution in [-0.4, -0.2) is 31.8 Å². The number of nitrogens with two attached hydrogens (primary N) is 1. The minimum atomic E-state index is -0.175. The number of nitrogens with one attached hydrogen (secondary N) is 1. The molecule has 0 spiro atoms. The molecule has 0 saturated carbocycles. The molecule has 0 aromatic rings. The van der Waals surface area contributed by atoms with Gasteiger partial charge in [-0.15, -0.1) is 0 Å². The van der Waals surface area contributed by atoms with Crippen LogP contribution in [0, 0.1) is 5.41 Å². The minimum Gasteiger partial charge on any atom is -0.370 e. The molecule has 1 aliphatic heterocycles. The van der Waals surface area contributed by atoms with Crippen molar-refractivity contribution in [3.63, 3.8) is 0 Å². The lowest BCUT2D eigenvalue weighted by atomic mass is 9.75. The molecular weight excluding hydrogens is 152 g/mol. The van der Waals surface area contributed by atoms with E-state index in [2.05, 4.69) is 26.1 Å². The van der Waals surface area contributed by atoms with Gasteiger partial charge in [-0.25, -0.2) is 0 Å². The van der Waals surface area contributed by atoms with Crippen molar-refractivity contribution in [1.29, 1.82) is 0 Å². The van der Waals surface area contributed by atoms with Crippen LogP contribution < -0.4 is 11.1 Å². The SMILES string of the molecule is CC(C)(C)C1(CN)CNCCO1. The van der Waals surface area contributed by atoms with Crippen LogP contribution in [0.2, 0.25) is 0 Å². The van der Waals surface area contributed by atoms with Crippen LogP contribution in [0.3, 0.4) is 0 Å². The van der Waals surface area contributed by atoms with Crippen molar-refractivity contribution in [2.75, 3.05) is 26.2 Å². The van der Waals surface area contributed by atoms with Crippen molar-refractivity contribution >= 4 is 0 Å². The quantitative estimate of drug-likeness (QED) is 0.600. The van der Waals surface area contributed by atoms with E-state index in [0.29, 0.717) is 6.54 Å². The summed E-state index contributed by atoms with van der Waals surface area (Å²) in [6, 6.07) is 0. The summed E-state index contributed by atoms with van der Waals surface area (Å²) in [5.74, 6) is 0. The summed E-state index contributed by atoms with van der Waals surface area (Å²) in [4.78, 5) is 0. The minimum absolute atomic E-state index is 0.106. The highest BCUT2D eigenvalue weighted by Gasteiger charge is 2.42. The molecule has 1 fully saturated rings. The van der Waals surface area contributed by atoms with E-state index in [4.69, 9.17) is 10.5 Å². The lowest BCUT2D eigenvalue weighted by molar-refractivity contribution is -0.125. The molecule has 1 unspecified atom stereocenters. The average Bonchev–Trinajstić information content (AvgIpc) is 2.04. The van der Waals surface area contributed by atoms with Gasteiger partial charge in [0.05, 0.1) is 12.2 Å². The molecule has 1 atom stereocenters. The summed E-state index contributed by atoms with van der Waals surface area (Å²) in [6.07, 6.45) is 0. The van der Waals surface area contributed by atoms with Gasteiger partial charge in [-0.05, 0) is 5.41 Å². The molecule has 0 aliphatic carbocycles. The van der Waals surface area contributed by atoms with Crippen molar-refractivity contribution in [2.24, 2.45) is 11.1 Å². The van der Waals surface area contributed by atoms with Crippen LogP contribution >= 0.6 is 0 Å². The van der Waals surface area contributed by atoms with Crippen LogP contribution in [0.1, 0.15) is 20.8 Å². The van der Waals surface area contributed by atoms with Gasteiger partial charge in [0.1, 0.15) is 0 Å². The Balaban J connectivity index is 2.73. The fourth-order valence-corrected chi connectivity index (χ4v) is 1.58. The predicted octanol–water partition coefficient (Wildman–Crippen LogP) is 0.350. The third-order valence-corrected chi connectivity index (χ3v) is 2.76. The van der Waals surface area contributed by atoms with Crippen LogP contribution in [0.4, 0.5) is 0 Å². The Bertz CT molecular complexity index is 145. The molecule has 1 saturated heterocycles. The maximum absolute atomic E-state index is 5.79. The molecule has 1 aliphatic rings. The van der Waals surface area contributed by atoms with Crippen molar-refractivity contribution in [2.45, 2.75) is 26.4 Å². The van der Waals surface area contributed by atoms with E-state index in [1.54, 1.807) is 0 Å². The molecule has 0 amide bonds. The molecule has 3 nitrogen and oxygen atoms in total. The summed E-state index contributed by atoms with van der Waals surface area (Å²) in [5, 5.41) is 3.33. The normalized spacial score (nSPS) is 32.0. The summed E-state index contributed by atoms with van der Waals surface area (Å²) in [6.45, 7) is 9.69. The number of morpholine rings is 1. The van der Waals surface area contributed by atoms with E-state index in [1.165, 1.54) is 0 Å². The lowest BCUT2D eigenvalue weighted by Crippen LogP contribution is -2.61. The lowest BCUT2D eigenvalue weighted by Gasteiger charge is -2.46. The van der Waals surface area contributed by atoms with Crippen LogP contribution in [0.15, 0.2) is 0 Å². The predicted molar refractivity (Wildman–Crippen MR) is 50.1 cm³/mol. The van der Waals surface area contributed by atoms with Gasteiger partial charge < -0.3 is 15.8 Å². The standard InChI is InChI=1S/C9H20N2O/c1-8(2,3)9(6-10)7-11-4-5-12-9/h11H,4-7,10H2,1-3H3. The summed E-state index contributed by atoms with van der Waals surface area (Å²) < 4.78 is 5.79. The molecule has 3 N–H and O–H groups in total. The van der Waals surface area contributed by atoms with E-state index in [0.717, 1.165) is 19.7 Å². The molecule has 0 aromatic heterocycles. The summed E-state index contributed by atoms with van der Waals surface area (Å²) in [7, 11) is 0. The van der Waals surface area contributed by atoms with E-state index in [1.807, 2.05) is 0 Å². The molecule has 0 aromatic carbocycles. The molecule has 0 radical (unpaired) electrons. The van der Waals surface area contributed by atoms with Gasteiger partial charge in [-0.1, -0.05) is 20.8 Å². The average molecular weight is 172 g/mol. The molecule has 0 bridgehead atoms. The topological polar surface area (TPSA) is 47.3 Å². The monoisotopic (exact) mass is 172 g/mol. The van der Waals surface area contributed by atoms with Crippen molar-refractivity contribution < 1.29 is 4.74 Å². The van der Waals surface area contributed by atoms with Crippen molar-refractivity contribution in [3.8, 4) is 0 Å². The van der Waals surface area contributed by atoms with Gasteiger partial charge in [0.15, 0.2) is 0 Å². The van der Waals surface area contributed by atoms with E-state index in [9.17, 15) is 0 Å². The van der Waals surface area contributed by atoms with E-state index >= 15 is 0 Å². The maximum atomic E-state index is 5.79. The molecule has 1 heterocycles. The zero-order chi connectivity index (χ0) is 9.24. The summed E-state index contributed by atoms with van der Waals surface area (Å²) in [5.41, 5.74) is 5.69. The summed E-state index contributed by atoms with van der Waals surface area (Å²) >= 11 is 0. The van der Waals surface area contributed by atoms with E-state index in [-0.39, 0.29) is 11.0 Å². The fraction of sp³-hybridized carbons (Fsp3) is 1.00. The first-order valence-corrected chi connectivity index (χ1v) is 4.57. The second-order valence-corrected chi connectivity index (χ2v) is 4.47. The Kier molecular flexibility index (Phi) is 2.76. The van der Waals surface area contributed by atoms with Crippen molar-refractivity contribution in [1.82, 2.24) is 5.32 Å². The fourth-order valence-electron chi connectivity index (χ4n) is 1.58. The first-order chi connectivity index (χ1) is 5.52. The van der Waals surface area contributed by atoms with Gasteiger partial charge in [-0.2, -0.15) is 0 Å². The van der Waals surface area contributed by atoms with Crippen LogP contribution in [-0.2, 0) is 4.74 Å². The Morgan fingerprint density at radius 2 is 2.17 bits per heavy atom. The number of rotatable bonds is 1. The van der Waals surface area contributed by atoms with E-state index < -0.39 is 0 Å². The third-order valence-electron chi connectivity index (χ3n) is 2.76. The molecule has 12 heavy (non-hydrogen) atoms. The highest BCUT2D eigenvalue weighted by Crippen LogP contribution is 2.33.